The Hall–Kier alpha value is -3.98. The molecular formula is C44H42O2. The van der Waals surface area contributed by atoms with Gasteiger partial charge in [0.15, 0.2) is 0 Å². The minimum Gasteiger partial charge on any atom is -0.385 e. The SMILES string of the molecule is OC1(c2ccccc2)[C@@H]2Cc3ccccc3C[C@H]1Cc1cc3c(cc1C2)C[C@H]1Cc2ccccc2C[C@@H](C3)C1(O)c1ccccc1. The Morgan fingerprint density at radius 1 is 0.326 bits per heavy atom. The third-order valence-electron chi connectivity index (χ3n) is 12.5. The molecule has 2 unspecified atom stereocenters. The zero-order chi connectivity index (χ0) is 30.9. The molecule has 0 amide bonds. The molecule has 0 heterocycles. The largest absolute Gasteiger partial charge is 0.385 e. The zero-order valence-corrected chi connectivity index (χ0v) is 26.4. The Morgan fingerprint density at radius 3 is 0.848 bits per heavy atom. The van der Waals surface area contributed by atoms with Crippen LogP contribution in [0.2, 0.25) is 0 Å². The first-order valence-electron chi connectivity index (χ1n) is 17.3. The van der Waals surface area contributed by atoms with Crippen molar-refractivity contribution in [2.75, 3.05) is 0 Å². The van der Waals surface area contributed by atoms with Crippen LogP contribution in [0.5, 0.6) is 0 Å². The number of benzene rings is 5. The fraction of sp³-hybridized carbons (Fsp3) is 0.318. The van der Waals surface area contributed by atoms with Crippen molar-refractivity contribution in [1.82, 2.24) is 0 Å². The summed E-state index contributed by atoms with van der Waals surface area (Å²) in [5.41, 5.74) is 11.5. The molecule has 0 aromatic heterocycles. The van der Waals surface area contributed by atoms with Gasteiger partial charge in [-0.25, -0.2) is 0 Å². The molecule has 230 valence electrons. The van der Waals surface area contributed by atoms with Crippen LogP contribution in [0.4, 0.5) is 0 Å². The molecule has 5 aromatic carbocycles. The third kappa shape index (κ3) is 4.37. The van der Waals surface area contributed by atoms with Crippen molar-refractivity contribution >= 4 is 0 Å². The van der Waals surface area contributed by atoms with E-state index in [1.807, 2.05) is 0 Å². The molecule has 2 heteroatoms. The van der Waals surface area contributed by atoms with Crippen molar-refractivity contribution in [1.29, 1.82) is 0 Å². The van der Waals surface area contributed by atoms with Gasteiger partial charge in [-0.1, -0.05) is 121 Å². The minimum absolute atomic E-state index is 0.0872. The molecule has 2 nitrogen and oxygen atoms in total. The van der Waals surface area contributed by atoms with Gasteiger partial charge in [0.05, 0.1) is 11.2 Å². The van der Waals surface area contributed by atoms with Gasteiger partial charge < -0.3 is 10.2 Å². The van der Waals surface area contributed by atoms with Gasteiger partial charge in [0.25, 0.3) is 0 Å². The van der Waals surface area contributed by atoms with Crippen LogP contribution in [0.15, 0.2) is 121 Å². The van der Waals surface area contributed by atoms with Gasteiger partial charge in [-0.15, -0.1) is 0 Å². The van der Waals surface area contributed by atoms with E-state index in [1.54, 1.807) is 0 Å². The lowest BCUT2D eigenvalue weighted by Gasteiger charge is -2.40. The van der Waals surface area contributed by atoms with E-state index in [0.29, 0.717) is 0 Å². The van der Waals surface area contributed by atoms with Crippen LogP contribution >= 0.6 is 0 Å². The maximum atomic E-state index is 13.0. The molecule has 0 aliphatic heterocycles. The standard InChI is InChI=1S/C44H42O2/c45-43(37-15-3-1-4-16-37)39-21-29-11-7-8-12-30(29)22-40(43)26-34-20-36-28-42-24-32-14-10-9-13-31(32)23-41(27-35(36)19-33(34)25-39)44(42,46)38-17-5-2-6-18-38/h1-20,39-42,45-46H,21-28H2/t39-,40+,41-,42+,43?,44?. The Labute approximate surface area is 272 Å². The molecular weight excluding hydrogens is 560 g/mol. The molecule has 5 aromatic rings. The topological polar surface area (TPSA) is 40.5 Å². The highest BCUT2D eigenvalue weighted by Gasteiger charge is 2.51. The van der Waals surface area contributed by atoms with Crippen molar-refractivity contribution in [3.8, 4) is 0 Å². The molecule has 6 atom stereocenters. The summed E-state index contributed by atoms with van der Waals surface area (Å²) in [6.07, 6.45) is 6.95. The van der Waals surface area contributed by atoms with Crippen LogP contribution in [0, 0.1) is 23.7 Å². The average molecular weight is 603 g/mol. The van der Waals surface area contributed by atoms with Gasteiger partial charge >= 0.3 is 0 Å². The summed E-state index contributed by atoms with van der Waals surface area (Å²) in [6, 6.07) is 43.8. The molecule has 0 saturated carbocycles. The van der Waals surface area contributed by atoms with Crippen molar-refractivity contribution < 1.29 is 10.2 Å². The van der Waals surface area contributed by atoms with E-state index in [2.05, 4.69) is 121 Å². The van der Waals surface area contributed by atoms with Crippen LogP contribution in [0.25, 0.3) is 0 Å². The Morgan fingerprint density at radius 2 is 0.565 bits per heavy atom. The third-order valence-corrected chi connectivity index (χ3v) is 12.5. The summed E-state index contributed by atoms with van der Waals surface area (Å²) in [5.74, 6) is 0.349. The van der Waals surface area contributed by atoms with Crippen LogP contribution in [0.3, 0.4) is 0 Å². The Kier molecular flexibility index (Phi) is 6.63. The van der Waals surface area contributed by atoms with Gasteiger partial charge in [0, 0.05) is 23.7 Å². The molecule has 4 bridgehead atoms. The lowest BCUT2D eigenvalue weighted by Crippen LogP contribution is -2.43. The number of rotatable bonds is 2. The summed E-state index contributed by atoms with van der Waals surface area (Å²) in [4.78, 5) is 0. The summed E-state index contributed by atoms with van der Waals surface area (Å²) < 4.78 is 0. The van der Waals surface area contributed by atoms with Gasteiger partial charge in [0.2, 0.25) is 0 Å². The lowest BCUT2D eigenvalue weighted by molar-refractivity contribution is -0.0715. The number of aliphatic hydroxyl groups is 2. The number of hydrogen-bond acceptors (Lipinski definition) is 2. The van der Waals surface area contributed by atoms with E-state index < -0.39 is 11.2 Å². The van der Waals surface area contributed by atoms with E-state index in [9.17, 15) is 10.2 Å². The predicted octanol–water partition coefficient (Wildman–Crippen LogP) is 7.72. The van der Waals surface area contributed by atoms with Crippen LogP contribution in [0.1, 0.15) is 55.6 Å². The normalized spacial score (nSPS) is 29.4. The summed E-state index contributed by atoms with van der Waals surface area (Å²) in [7, 11) is 0. The second kappa shape index (κ2) is 10.8. The summed E-state index contributed by atoms with van der Waals surface area (Å²) in [6.45, 7) is 0. The Balaban J connectivity index is 1.17. The molecule has 4 aliphatic carbocycles. The molecule has 0 radical (unpaired) electrons. The number of hydrogen-bond donors (Lipinski definition) is 2. The van der Waals surface area contributed by atoms with Crippen molar-refractivity contribution in [3.63, 3.8) is 0 Å². The molecule has 4 aliphatic rings. The molecule has 0 fully saturated rings. The first kappa shape index (κ1) is 28.3. The van der Waals surface area contributed by atoms with E-state index >= 15 is 0 Å². The molecule has 0 spiro atoms. The van der Waals surface area contributed by atoms with E-state index in [1.165, 1.54) is 44.5 Å². The van der Waals surface area contributed by atoms with Gasteiger partial charge in [-0.05, 0) is 107 Å². The van der Waals surface area contributed by atoms with Crippen molar-refractivity contribution in [2.45, 2.75) is 62.6 Å². The second-order valence-corrected chi connectivity index (χ2v) is 14.7. The second-order valence-electron chi connectivity index (χ2n) is 14.7. The van der Waals surface area contributed by atoms with Crippen LogP contribution < -0.4 is 0 Å². The lowest BCUT2D eigenvalue weighted by atomic mass is 9.69. The van der Waals surface area contributed by atoms with Crippen molar-refractivity contribution in [2.24, 2.45) is 23.7 Å². The highest BCUT2D eigenvalue weighted by Crippen LogP contribution is 2.52. The van der Waals surface area contributed by atoms with Gasteiger partial charge in [-0.3, -0.25) is 0 Å². The van der Waals surface area contributed by atoms with Crippen LogP contribution in [-0.4, -0.2) is 10.2 Å². The van der Waals surface area contributed by atoms with Gasteiger partial charge in [0.1, 0.15) is 0 Å². The minimum atomic E-state index is -0.903. The summed E-state index contributed by atoms with van der Waals surface area (Å²) in [5, 5.41) is 25.9. The molecule has 9 rings (SSSR count). The summed E-state index contributed by atoms with van der Waals surface area (Å²) >= 11 is 0. The van der Waals surface area contributed by atoms with Gasteiger partial charge in [-0.2, -0.15) is 0 Å². The maximum absolute atomic E-state index is 13.0. The monoisotopic (exact) mass is 602 g/mol. The quantitative estimate of drug-likeness (QED) is 0.217. The first-order chi connectivity index (χ1) is 22.5. The zero-order valence-electron chi connectivity index (χ0n) is 26.4. The Bertz CT molecular complexity index is 1680. The van der Waals surface area contributed by atoms with E-state index in [4.69, 9.17) is 0 Å². The van der Waals surface area contributed by atoms with Crippen LogP contribution in [-0.2, 0) is 62.6 Å². The van der Waals surface area contributed by atoms with Crippen molar-refractivity contribution in [3.05, 3.63) is 177 Å². The number of fused-ring (bicyclic) bond motifs is 8. The fourth-order valence-electron chi connectivity index (χ4n) is 10.1. The maximum Gasteiger partial charge on any atom is 0.0965 e. The molecule has 46 heavy (non-hydrogen) atoms. The highest BCUT2D eigenvalue weighted by molar-refractivity contribution is 5.47. The van der Waals surface area contributed by atoms with E-state index in [0.717, 1.165) is 62.5 Å². The molecule has 0 saturated heterocycles. The molecule has 2 N–H and O–H groups in total. The highest BCUT2D eigenvalue weighted by atomic mass is 16.3. The fourth-order valence-corrected chi connectivity index (χ4v) is 10.1. The first-order valence-corrected chi connectivity index (χ1v) is 17.3. The predicted molar refractivity (Wildman–Crippen MR) is 184 cm³/mol. The smallest absolute Gasteiger partial charge is 0.0965 e. The average Bonchev–Trinajstić information content (AvgIpc) is 3.40. The van der Waals surface area contributed by atoms with E-state index in [-0.39, 0.29) is 23.7 Å².